The van der Waals surface area contributed by atoms with E-state index in [-0.39, 0.29) is 5.91 Å². The Labute approximate surface area is 163 Å². The average Bonchev–Trinajstić information content (AvgIpc) is 3.12. The molecule has 2 saturated heterocycles. The van der Waals surface area contributed by atoms with Crippen LogP contribution in [0.3, 0.4) is 0 Å². The molecule has 0 bridgehead atoms. The van der Waals surface area contributed by atoms with Gasteiger partial charge in [-0.1, -0.05) is 0 Å². The van der Waals surface area contributed by atoms with Gasteiger partial charge in [-0.05, 0) is 52.6 Å². The molecular formula is C20H35N5O2. The zero-order valence-electron chi connectivity index (χ0n) is 17.1. The fraction of sp³-hybridized carbons (Fsp3) is 0.800. The van der Waals surface area contributed by atoms with Gasteiger partial charge < -0.3 is 15.0 Å². The van der Waals surface area contributed by atoms with Crippen LogP contribution in [-0.4, -0.2) is 83.0 Å². The van der Waals surface area contributed by atoms with Crippen LogP contribution in [0.25, 0.3) is 0 Å². The van der Waals surface area contributed by atoms with E-state index >= 15 is 0 Å². The lowest BCUT2D eigenvalue weighted by molar-refractivity contribution is 0.0000240. The molecular weight excluding hydrogens is 342 g/mol. The lowest BCUT2D eigenvalue weighted by Crippen LogP contribution is -2.53. The lowest BCUT2D eigenvalue weighted by atomic mass is 9.97. The number of nitrogens with zero attached hydrogens (tertiary/aromatic N) is 4. The smallest absolute Gasteiger partial charge is 0.254 e. The summed E-state index contributed by atoms with van der Waals surface area (Å²) in [6, 6.07) is 1.81. The molecule has 152 valence electrons. The van der Waals surface area contributed by atoms with E-state index in [1.807, 2.05) is 7.05 Å². The number of aryl methyl sites for hydroxylation is 1. The first-order chi connectivity index (χ1) is 13.0. The molecule has 27 heavy (non-hydrogen) atoms. The normalized spacial score (nSPS) is 20.5. The van der Waals surface area contributed by atoms with Crippen LogP contribution in [0, 0.1) is 0 Å². The van der Waals surface area contributed by atoms with Gasteiger partial charge in [-0.15, -0.1) is 0 Å². The monoisotopic (exact) mass is 377 g/mol. The predicted molar refractivity (Wildman–Crippen MR) is 106 cm³/mol. The third-order valence-corrected chi connectivity index (χ3v) is 5.98. The number of piperidine rings is 1. The first-order valence-electron chi connectivity index (χ1n) is 10.4. The summed E-state index contributed by atoms with van der Waals surface area (Å²) in [4.78, 5) is 17.5. The second kappa shape index (κ2) is 9.66. The van der Waals surface area contributed by atoms with Crippen molar-refractivity contribution in [3.05, 3.63) is 18.0 Å². The summed E-state index contributed by atoms with van der Waals surface area (Å²) in [6.45, 7) is 10.2. The van der Waals surface area contributed by atoms with Crippen LogP contribution in [0.1, 0.15) is 49.9 Å². The number of nitrogens with one attached hydrogen (secondary N) is 1. The zero-order valence-corrected chi connectivity index (χ0v) is 17.1. The highest BCUT2D eigenvalue weighted by molar-refractivity contribution is 5.93. The van der Waals surface area contributed by atoms with E-state index in [0.29, 0.717) is 30.2 Å². The van der Waals surface area contributed by atoms with Gasteiger partial charge in [0.05, 0.1) is 11.8 Å². The highest BCUT2D eigenvalue weighted by Gasteiger charge is 2.31. The van der Waals surface area contributed by atoms with E-state index in [1.165, 1.54) is 25.9 Å². The fourth-order valence-electron chi connectivity index (χ4n) is 4.35. The van der Waals surface area contributed by atoms with Gasteiger partial charge in [0.2, 0.25) is 0 Å². The van der Waals surface area contributed by atoms with Crippen LogP contribution < -0.4 is 5.32 Å². The van der Waals surface area contributed by atoms with Gasteiger partial charge in [0.25, 0.3) is 5.91 Å². The molecule has 0 aliphatic carbocycles. The Morgan fingerprint density at radius 1 is 1.26 bits per heavy atom. The Kier molecular flexibility index (Phi) is 7.26. The van der Waals surface area contributed by atoms with Gasteiger partial charge in [0.1, 0.15) is 0 Å². The minimum absolute atomic E-state index is 0.0374. The Balaban J connectivity index is 1.54. The van der Waals surface area contributed by atoms with Gasteiger partial charge in [0, 0.05) is 57.7 Å². The summed E-state index contributed by atoms with van der Waals surface area (Å²) >= 11 is 0. The van der Waals surface area contributed by atoms with E-state index in [2.05, 4.69) is 34.1 Å². The number of rotatable bonds is 7. The minimum Gasteiger partial charge on any atom is -0.381 e. The second-order valence-corrected chi connectivity index (χ2v) is 8.10. The van der Waals surface area contributed by atoms with Crippen LogP contribution in [0.5, 0.6) is 0 Å². The van der Waals surface area contributed by atoms with Crippen LogP contribution in [0.2, 0.25) is 0 Å². The van der Waals surface area contributed by atoms with Gasteiger partial charge in [-0.3, -0.25) is 14.4 Å². The van der Waals surface area contributed by atoms with E-state index in [0.717, 1.165) is 32.6 Å². The molecule has 0 aromatic carbocycles. The standard InChI is InChI=1S/C20H35N5O2/c1-16(2)24-9-4-18(5-10-24)25(19-6-12-27-13-7-19)11-8-21-20(26)17-14-22-23(3)15-17/h14-16,18-19H,4-13H2,1-3H3,(H,21,26). The summed E-state index contributed by atoms with van der Waals surface area (Å²) in [6.07, 6.45) is 8.00. The minimum atomic E-state index is -0.0374. The topological polar surface area (TPSA) is 62.6 Å². The molecule has 3 heterocycles. The highest BCUT2D eigenvalue weighted by Crippen LogP contribution is 2.24. The molecule has 0 radical (unpaired) electrons. The third-order valence-electron chi connectivity index (χ3n) is 5.98. The maximum atomic E-state index is 12.3. The summed E-state index contributed by atoms with van der Waals surface area (Å²) in [5.41, 5.74) is 0.625. The number of hydrogen-bond donors (Lipinski definition) is 1. The molecule has 0 unspecified atom stereocenters. The predicted octanol–water partition coefficient (Wildman–Crippen LogP) is 1.50. The molecule has 2 fully saturated rings. The summed E-state index contributed by atoms with van der Waals surface area (Å²) < 4.78 is 7.23. The van der Waals surface area contributed by atoms with Gasteiger partial charge in [0.15, 0.2) is 0 Å². The third kappa shape index (κ3) is 5.53. The van der Waals surface area contributed by atoms with Gasteiger partial charge in [-0.25, -0.2) is 0 Å². The summed E-state index contributed by atoms with van der Waals surface area (Å²) in [7, 11) is 1.83. The molecule has 7 nitrogen and oxygen atoms in total. The Morgan fingerprint density at radius 2 is 1.93 bits per heavy atom. The maximum absolute atomic E-state index is 12.3. The van der Waals surface area contributed by atoms with Crippen LogP contribution in [-0.2, 0) is 11.8 Å². The molecule has 1 amide bonds. The van der Waals surface area contributed by atoms with Crippen LogP contribution in [0.15, 0.2) is 12.4 Å². The molecule has 1 aromatic heterocycles. The summed E-state index contributed by atoms with van der Waals surface area (Å²) in [5, 5.41) is 7.15. The molecule has 2 aliphatic heterocycles. The summed E-state index contributed by atoms with van der Waals surface area (Å²) in [5.74, 6) is -0.0374. The van der Waals surface area contributed by atoms with Crippen LogP contribution >= 0.6 is 0 Å². The number of likely N-dealkylation sites (tertiary alicyclic amines) is 1. The molecule has 1 N–H and O–H groups in total. The molecule has 0 spiro atoms. The van der Waals surface area contributed by atoms with Crippen molar-refractivity contribution in [1.82, 2.24) is 24.9 Å². The lowest BCUT2D eigenvalue weighted by Gasteiger charge is -2.44. The largest absolute Gasteiger partial charge is 0.381 e. The average molecular weight is 378 g/mol. The number of ether oxygens (including phenoxy) is 1. The van der Waals surface area contributed by atoms with Crippen LogP contribution in [0.4, 0.5) is 0 Å². The Bertz CT molecular complexity index is 589. The van der Waals surface area contributed by atoms with Crippen molar-refractivity contribution in [2.24, 2.45) is 7.05 Å². The second-order valence-electron chi connectivity index (χ2n) is 8.10. The Hall–Kier alpha value is -1.44. The molecule has 0 atom stereocenters. The van der Waals surface area contributed by atoms with E-state index in [9.17, 15) is 4.79 Å². The highest BCUT2D eigenvalue weighted by atomic mass is 16.5. The van der Waals surface area contributed by atoms with Crippen molar-refractivity contribution in [1.29, 1.82) is 0 Å². The molecule has 3 rings (SSSR count). The van der Waals surface area contributed by atoms with Crippen molar-refractivity contribution in [2.75, 3.05) is 39.4 Å². The number of aromatic nitrogens is 2. The van der Waals surface area contributed by atoms with E-state index < -0.39 is 0 Å². The fourth-order valence-corrected chi connectivity index (χ4v) is 4.35. The van der Waals surface area contributed by atoms with Crippen molar-refractivity contribution in [3.63, 3.8) is 0 Å². The van der Waals surface area contributed by atoms with Gasteiger partial charge in [-0.2, -0.15) is 5.10 Å². The van der Waals surface area contributed by atoms with E-state index in [4.69, 9.17) is 4.74 Å². The van der Waals surface area contributed by atoms with Crippen molar-refractivity contribution in [2.45, 2.75) is 57.7 Å². The maximum Gasteiger partial charge on any atom is 0.254 e. The molecule has 1 aromatic rings. The first-order valence-corrected chi connectivity index (χ1v) is 10.4. The number of amides is 1. The molecule has 7 heteroatoms. The quantitative estimate of drug-likeness (QED) is 0.780. The van der Waals surface area contributed by atoms with Gasteiger partial charge >= 0.3 is 0 Å². The SMILES string of the molecule is CC(C)N1CCC(N(CCNC(=O)c2cnn(C)c2)C2CCOCC2)CC1. The first kappa shape index (κ1) is 20.3. The Morgan fingerprint density at radius 3 is 2.52 bits per heavy atom. The van der Waals surface area contributed by atoms with Crippen molar-refractivity contribution < 1.29 is 9.53 Å². The number of carbonyl (C=O) groups excluding carboxylic acids is 1. The van der Waals surface area contributed by atoms with Crippen molar-refractivity contribution in [3.8, 4) is 0 Å². The molecule has 0 saturated carbocycles. The van der Waals surface area contributed by atoms with Crippen molar-refractivity contribution >= 4 is 5.91 Å². The number of hydrogen-bond acceptors (Lipinski definition) is 5. The molecule has 2 aliphatic rings. The van der Waals surface area contributed by atoms with E-state index in [1.54, 1.807) is 17.1 Å². The zero-order chi connectivity index (χ0) is 19.2. The number of carbonyl (C=O) groups is 1.